The number of hydrogen-bond acceptors (Lipinski definition) is 4. The van der Waals surface area contributed by atoms with Crippen LogP contribution in [0.1, 0.15) is 43.8 Å². The summed E-state index contributed by atoms with van der Waals surface area (Å²) in [6.07, 6.45) is 3.73. The average molecular weight is 296 g/mol. The molecule has 1 aromatic carbocycles. The summed E-state index contributed by atoms with van der Waals surface area (Å²) in [5.74, 6) is 0.410. The Morgan fingerprint density at radius 3 is 2.59 bits per heavy atom. The molecule has 0 radical (unpaired) electrons. The van der Waals surface area contributed by atoms with Gasteiger partial charge in [0.2, 0.25) is 0 Å². The van der Waals surface area contributed by atoms with E-state index in [1.54, 1.807) is 6.20 Å². The van der Waals surface area contributed by atoms with Gasteiger partial charge in [0.1, 0.15) is 0 Å². The molecule has 0 aliphatic rings. The van der Waals surface area contributed by atoms with Crippen molar-refractivity contribution in [3.05, 3.63) is 59.7 Å². The molecule has 0 bridgehead atoms. The minimum Gasteiger partial charge on any atom is -0.369 e. The first-order chi connectivity index (χ1) is 10.5. The Morgan fingerprint density at radius 1 is 1.23 bits per heavy atom. The normalized spacial score (nSPS) is 13.2. The smallest absolute Gasteiger partial charge is 0.197 e. The van der Waals surface area contributed by atoms with Crippen molar-refractivity contribution in [2.45, 2.75) is 32.2 Å². The highest BCUT2D eigenvalue weighted by Crippen LogP contribution is 2.29. The third kappa shape index (κ3) is 2.47. The predicted molar refractivity (Wildman–Crippen MR) is 85.4 cm³/mol. The van der Waals surface area contributed by atoms with Crippen LogP contribution in [0.5, 0.6) is 0 Å². The molecule has 114 valence electrons. The summed E-state index contributed by atoms with van der Waals surface area (Å²) in [6, 6.07) is 10.4. The molecule has 0 fully saturated rings. The SMILES string of the molecule is CC(c1ccccc1)n1cc(C(C)(C)c2cnc(N)[nH]2)nn1. The van der Waals surface area contributed by atoms with E-state index in [4.69, 9.17) is 5.73 Å². The van der Waals surface area contributed by atoms with Gasteiger partial charge >= 0.3 is 0 Å². The number of aromatic nitrogens is 5. The molecular weight excluding hydrogens is 276 g/mol. The number of rotatable bonds is 4. The van der Waals surface area contributed by atoms with Gasteiger partial charge in [0.05, 0.1) is 29.5 Å². The lowest BCUT2D eigenvalue weighted by Crippen LogP contribution is -2.20. The number of anilines is 1. The highest BCUT2D eigenvalue weighted by Gasteiger charge is 2.29. The molecule has 0 spiro atoms. The predicted octanol–water partition coefficient (Wildman–Crippen LogP) is 2.52. The Balaban J connectivity index is 1.90. The highest BCUT2D eigenvalue weighted by atomic mass is 15.4. The fourth-order valence-electron chi connectivity index (χ4n) is 2.43. The van der Waals surface area contributed by atoms with E-state index >= 15 is 0 Å². The van der Waals surface area contributed by atoms with E-state index < -0.39 is 0 Å². The maximum Gasteiger partial charge on any atom is 0.197 e. The lowest BCUT2D eigenvalue weighted by atomic mass is 9.86. The van der Waals surface area contributed by atoms with Crippen LogP contribution in [0.15, 0.2) is 42.7 Å². The van der Waals surface area contributed by atoms with E-state index in [2.05, 4.69) is 53.2 Å². The molecule has 0 saturated carbocycles. The van der Waals surface area contributed by atoms with Crippen LogP contribution in [-0.4, -0.2) is 25.0 Å². The second-order valence-electron chi connectivity index (χ2n) is 5.98. The second-order valence-corrected chi connectivity index (χ2v) is 5.98. The van der Waals surface area contributed by atoms with E-state index in [1.807, 2.05) is 29.1 Å². The number of benzene rings is 1. The van der Waals surface area contributed by atoms with Gasteiger partial charge in [-0.2, -0.15) is 0 Å². The molecule has 1 atom stereocenters. The molecule has 1 unspecified atom stereocenters. The molecule has 2 heterocycles. The van der Waals surface area contributed by atoms with E-state index in [1.165, 1.54) is 5.56 Å². The van der Waals surface area contributed by atoms with Crippen LogP contribution in [0.4, 0.5) is 5.95 Å². The molecule has 0 amide bonds. The first-order valence-corrected chi connectivity index (χ1v) is 7.26. The number of nitrogens with two attached hydrogens (primary N) is 1. The molecule has 3 rings (SSSR count). The third-order valence-electron chi connectivity index (χ3n) is 4.10. The standard InChI is InChI=1S/C16H20N6/c1-11(12-7-5-4-6-8-12)22-10-14(20-21-22)16(2,3)13-9-18-15(17)19-13/h4-11H,1-3H3,(H3,17,18,19). The lowest BCUT2D eigenvalue weighted by molar-refractivity contribution is 0.543. The number of imidazole rings is 1. The van der Waals surface area contributed by atoms with Gasteiger partial charge in [-0.15, -0.1) is 5.10 Å². The van der Waals surface area contributed by atoms with Crippen LogP contribution in [0.2, 0.25) is 0 Å². The molecule has 22 heavy (non-hydrogen) atoms. The number of aromatic amines is 1. The van der Waals surface area contributed by atoms with Crippen molar-refractivity contribution in [2.75, 3.05) is 5.73 Å². The van der Waals surface area contributed by atoms with Gasteiger partial charge in [0.25, 0.3) is 0 Å². The summed E-state index contributed by atoms with van der Waals surface area (Å²) in [7, 11) is 0. The molecule has 0 aliphatic carbocycles. The first-order valence-electron chi connectivity index (χ1n) is 7.26. The summed E-state index contributed by atoms with van der Waals surface area (Å²) < 4.78 is 1.88. The number of nitrogen functional groups attached to an aromatic ring is 1. The van der Waals surface area contributed by atoms with Gasteiger partial charge in [-0.3, -0.25) is 0 Å². The van der Waals surface area contributed by atoms with E-state index in [9.17, 15) is 0 Å². The fourth-order valence-corrected chi connectivity index (χ4v) is 2.43. The zero-order valence-electron chi connectivity index (χ0n) is 13.0. The summed E-state index contributed by atoms with van der Waals surface area (Å²) in [5.41, 5.74) is 8.33. The summed E-state index contributed by atoms with van der Waals surface area (Å²) in [5, 5.41) is 8.64. The Morgan fingerprint density at radius 2 is 1.95 bits per heavy atom. The zero-order chi connectivity index (χ0) is 15.7. The van der Waals surface area contributed by atoms with Gasteiger partial charge < -0.3 is 10.7 Å². The van der Waals surface area contributed by atoms with Crippen molar-refractivity contribution in [3.8, 4) is 0 Å². The van der Waals surface area contributed by atoms with Gasteiger partial charge in [-0.25, -0.2) is 9.67 Å². The topological polar surface area (TPSA) is 85.4 Å². The minimum atomic E-state index is -0.334. The summed E-state index contributed by atoms with van der Waals surface area (Å²) in [4.78, 5) is 7.14. The van der Waals surface area contributed by atoms with Gasteiger partial charge in [0.15, 0.2) is 5.95 Å². The maximum atomic E-state index is 5.67. The van der Waals surface area contributed by atoms with Crippen LogP contribution in [0.3, 0.4) is 0 Å². The minimum absolute atomic E-state index is 0.130. The maximum absolute atomic E-state index is 5.67. The number of nitrogens with one attached hydrogen (secondary N) is 1. The zero-order valence-corrected chi connectivity index (χ0v) is 13.0. The van der Waals surface area contributed by atoms with Crippen LogP contribution in [0.25, 0.3) is 0 Å². The summed E-state index contributed by atoms with van der Waals surface area (Å²) >= 11 is 0. The highest BCUT2D eigenvalue weighted by molar-refractivity contribution is 5.30. The van der Waals surface area contributed by atoms with Gasteiger partial charge in [0, 0.05) is 5.69 Å². The lowest BCUT2D eigenvalue weighted by Gasteiger charge is -2.19. The van der Waals surface area contributed by atoms with Crippen molar-refractivity contribution < 1.29 is 0 Å². The van der Waals surface area contributed by atoms with Crippen molar-refractivity contribution in [3.63, 3.8) is 0 Å². The molecular formula is C16H20N6. The molecule has 6 nitrogen and oxygen atoms in total. The first kappa shape index (κ1) is 14.3. The molecule has 3 N–H and O–H groups in total. The second kappa shape index (κ2) is 5.29. The van der Waals surface area contributed by atoms with E-state index in [0.29, 0.717) is 5.95 Å². The fraction of sp³-hybridized carbons (Fsp3) is 0.312. The van der Waals surface area contributed by atoms with Crippen molar-refractivity contribution >= 4 is 5.95 Å². The van der Waals surface area contributed by atoms with Crippen LogP contribution in [-0.2, 0) is 5.41 Å². The van der Waals surface area contributed by atoms with Crippen molar-refractivity contribution in [2.24, 2.45) is 0 Å². The largest absolute Gasteiger partial charge is 0.369 e. The third-order valence-corrected chi connectivity index (χ3v) is 4.10. The van der Waals surface area contributed by atoms with Gasteiger partial charge in [-0.05, 0) is 26.3 Å². The molecule has 0 aliphatic heterocycles. The van der Waals surface area contributed by atoms with E-state index in [0.717, 1.165) is 11.4 Å². The van der Waals surface area contributed by atoms with Crippen molar-refractivity contribution in [1.29, 1.82) is 0 Å². The van der Waals surface area contributed by atoms with E-state index in [-0.39, 0.29) is 11.5 Å². The van der Waals surface area contributed by atoms with Crippen LogP contribution < -0.4 is 5.73 Å². The monoisotopic (exact) mass is 296 g/mol. The number of hydrogen-bond donors (Lipinski definition) is 2. The quantitative estimate of drug-likeness (QED) is 0.774. The Hall–Kier alpha value is -2.63. The number of nitrogens with zero attached hydrogens (tertiary/aromatic N) is 4. The Bertz CT molecular complexity index is 756. The average Bonchev–Trinajstić information content (AvgIpc) is 3.17. The molecule has 3 aromatic rings. The molecule has 0 saturated heterocycles. The Labute approximate surface area is 129 Å². The molecule has 6 heteroatoms. The van der Waals surface area contributed by atoms with Crippen LogP contribution in [0, 0.1) is 0 Å². The molecule has 2 aromatic heterocycles. The number of H-pyrrole nitrogens is 1. The van der Waals surface area contributed by atoms with Crippen LogP contribution >= 0.6 is 0 Å². The van der Waals surface area contributed by atoms with Crippen molar-refractivity contribution in [1.82, 2.24) is 25.0 Å². The van der Waals surface area contributed by atoms with Gasteiger partial charge in [-0.1, -0.05) is 35.5 Å². The summed E-state index contributed by atoms with van der Waals surface area (Å²) in [6.45, 7) is 6.25. The Kier molecular flexibility index (Phi) is 3.44.